The van der Waals surface area contributed by atoms with E-state index in [1.165, 1.54) is 27.8 Å². The molecule has 0 aliphatic heterocycles. The van der Waals surface area contributed by atoms with E-state index in [1.54, 1.807) is 0 Å². The van der Waals surface area contributed by atoms with Crippen molar-refractivity contribution in [2.45, 2.75) is 12.3 Å². The summed E-state index contributed by atoms with van der Waals surface area (Å²) in [6, 6.07) is 21.5. The summed E-state index contributed by atoms with van der Waals surface area (Å²) in [6.45, 7) is 0. The maximum atomic E-state index is 4.93. The van der Waals surface area contributed by atoms with Gasteiger partial charge in [0.2, 0.25) is 0 Å². The van der Waals surface area contributed by atoms with Crippen LogP contribution in [-0.4, -0.2) is 4.98 Å². The van der Waals surface area contributed by atoms with Gasteiger partial charge < -0.3 is 0 Å². The molecule has 0 spiro atoms. The van der Waals surface area contributed by atoms with E-state index in [0.29, 0.717) is 5.92 Å². The molecule has 1 nitrogen and oxygen atoms in total. The molecule has 2 aliphatic carbocycles. The average Bonchev–Trinajstić information content (AvgIpc) is 2.92. The molecule has 104 valence electrons. The van der Waals surface area contributed by atoms with Gasteiger partial charge in [-0.05, 0) is 40.8 Å². The highest BCUT2D eigenvalue weighted by Crippen LogP contribution is 2.50. The first kappa shape index (κ1) is 11.9. The SMILES string of the molecule is C1=Cc2nc(-c3ccccc3)cc3c2C(C1)c1ccccc1-3. The van der Waals surface area contributed by atoms with Gasteiger partial charge in [0, 0.05) is 11.5 Å². The van der Waals surface area contributed by atoms with Crippen molar-refractivity contribution in [2.75, 3.05) is 0 Å². The minimum atomic E-state index is 0.489. The van der Waals surface area contributed by atoms with Gasteiger partial charge >= 0.3 is 0 Å². The molecule has 2 aromatic carbocycles. The van der Waals surface area contributed by atoms with Crippen molar-refractivity contribution in [1.29, 1.82) is 0 Å². The molecule has 5 rings (SSSR count). The van der Waals surface area contributed by atoms with Gasteiger partial charge in [-0.3, -0.25) is 0 Å². The predicted molar refractivity (Wildman–Crippen MR) is 90.6 cm³/mol. The van der Waals surface area contributed by atoms with E-state index in [0.717, 1.165) is 17.8 Å². The molecule has 1 heterocycles. The summed E-state index contributed by atoms with van der Waals surface area (Å²) in [4.78, 5) is 4.93. The first-order valence-corrected chi connectivity index (χ1v) is 7.78. The number of rotatable bonds is 1. The largest absolute Gasteiger partial charge is 0.248 e. The normalized spacial score (nSPS) is 17.2. The van der Waals surface area contributed by atoms with Crippen molar-refractivity contribution in [1.82, 2.24) is 4.98 Å². The highest BCUT2D eigenvalue weighted by molar-refractivity contribution is 5.85. The van der Waals surface area contributed by atoms with Crippen LogP contribution in [0.2, 0.25) is 0 Å². The van der Waals surface area contributed by atoms with Crippen LogP contribution in [0.3, 0.4) is 0 Å². The number of fused-ring (bicyclic) bond motifs is 3. The summed E-state index contributed by atoms with van der Waals surface area (Å²) in [5.41, 5.74) is 9.01. The Hall–Kier alpha value is -2.67. The van der Waals surface area contributed by atoms with Crippen molar-refractivity contribution < 1.29 is 0 Å². The highest BCUT2D eigenvalue weighted by Gasteiger charge is 2.32. The fourth-order valence-corrected chi connectivity index (χ4v) is 3.81. The second kappa shape index (κ2) is 4.41. The van der Waals surface area contributed by atoms with Crippen molar-refractivity contribution in [2.24, 2.45) is 0 Å². The lowest BCUT2D eigenvalue weighted by Gasteiger charge is -2.18. The number of benzene rings is 2. The zero-order valence-corrected chi connectivity index (χ0v) is 12.2. The van der Waals surface area contributed by atoms with Gasteiger partial charge in [0.05, 0.1) is 11.4 Å². The van der Waals surface area contributed by atoms with Gasteiger partial charge in [-0.2, -0.15) is 0 Å². The van der Waals surface area contributed by atoms with Crippen molar-refractivity contribution in [3.05, 3.63) is 83.6 Å². The zero-order chi connectivity index (χ0) is 14.5. The quantitative estimate of drug-likeness (QED) is 0.591. The molecule has 3 aromatic rings. The van der Waals surface area contributed by atoms with Crippen LogP contribution in [0.15, 0.2) is 66.7 Å². The van der Waals surface area contributed by atoms with E-state index in [9.17, 15) is 0 Å². The Labute approximate surface area is 130 Å². The minimum Gasteiger partial charge on any atom is -0.248 e. The molecule has 0 radical (unpaired) electrons. The lowest BCUT2D eigenvalue weighted by Crippen LogP contribution is -2.04. The number of allylic oxidation sites excluding steroid dienone is 1. The van der Waals surface area contributed by atoms with Crippen LogP contribution < -0.4 is 0 Å². The Bertz CT molecular complexity index is 906. The van der Waals surface area contributed by atoms with Crippen LogP contribution >= 0.6 is 0 Å². The zero-order valence-electron chi connectivity index (χ0n) is 12.2. The Morgan fingerprint density at radius 2 is 1.68 bits per heavy atom. The van der Waals surface area contributed by atoms with E-state index in [2.05, 4.69) is 66.7 Å². The third-order valence-corrected chi connectivity index (χ3v) is 4.78. The second-order valence-corrected chi connectivity index (χ2v) is 6.00. The second-order valence-electron chi connectivity index (χ2n) is 6.00. The molecular formula is C21H15N. The van der Waals surface area contributed by atoms with E-state index in [-0.39, 0.29) is 0 Å². The number of pyridine rings is 1. The van der Waals surface area contributed by atoms with Crippen molar-refractivity contribution in [3.63, 3.8) is 0 Å². The van der Waals surface area contributed by atoms with E-state index in [1.807, 2.05) is 6.07 Å². The van der Waals surface area contributed by atoms with E-state index < -0.39 is 0 Å². The number of nitrogens with zero attached hydrogens (tertiary/aromatic N) is 1. The predicted octanol–water partition coefficient (Wildman–Crippen LogP) is 5.28. The molecule has 1 unspecified atom stereocenters. The van der Waals surface area contributed by atoms with Crippen molar-refractivity contribution >= 4 is 6.08 Å². The maximum absolute atomic E-state index is 4.93. The lowest BCUT2D eigenvalue weighted by molar-refractivity contribution is 0.835. The van der Waals surface area contributed by atoms with Gasteiger partial charge in [-0.1, -0.05) is 60.7 Å². The first-order chi connectivity index (χ1) is 10.9. The minimum absolute atomic E-state index is 0.489. The van der Waals surface area contributed by atoms with Crippen LogP contribution in [0.4, 0.5) is 0 Å². The molecule has 0 saturated carbocycles. The van der Waals surface area contributed by atoms with E-state index >= 15 is 0 Å². The summed E-state index contributed by atoms with van der Waals surface area (Å²) < 4.78 is 0. The van der Waals surface area contributed by atoms with E-state index in [4.69, 9.17) is 4.98 Å². The van der Waals surface area contributed by atoms with Crippen molar-refractivity contribution in [3.8, 4) is 22.4 Å². The van der Waals surface area contributed by atoms with Gasteiger partial charge in [-0.15, -0.1) is 0 Å². The fraction of sp³-hybridized carbons (Fsp3) is 0.0952. The maximum Gasteiger partial charge on any atom is 0.0715 e. The molecule has 0 fully saturated rings. The van der Waals surface area contributed by atoms with Gasteiger partial charge in [0.15, 0.2) is 0 Å². The molecule has 22 heavy (non-hydrogen) atoms. The molecule has 0 N–H and O–H groups in total. The molecule has 1 atom stereocenters. The summed E-state index contributed by atoms with van der Waals surface area (Å²) in [6.07, 6.45) is 5.54. The third kappa shape index (κ3) is 1.57. The first-order valence-electron chi connectivity index (χ1n) is 7.78. The molecule has 0 bridgehead atoms. The highest BCUT2D eigenvalue weighted by atomic mass is 14.7. The van der Waals surface area contributed by atoms with Gasteiger partial charge in [-0.25, -0.2) is 4.98 Å². The monoisotopic (exact) mass is 281 g/mol. The summed E-state index contributed by atoms with van der Waals surface area (Å²) in [7, 11) is 0. The van der Waals surface area contributed by atoms with Gasteiger partial charge in [0.1, 0.15) is 0 Å². The Morgan fingerprint density at radius 3 is 2.59 bits per heavy atom. The number of hydrogen-bond acceptors (Lipinski definition) is 1. The third-order valence-electron chi connectivity index (χ3n) is 4.78. The summed E-state index contributed by atoms with van der Waals surface area (Å²) in [5, 5.41) is 0. The summed E-state index contributed by atoms with van der Waals surface area (Å²) >= 11 is 0. The van der Waals surface area contributed by atoms with Crippen LogP contribution in [0.25, 0.3) is 28.5 Å². The topological polar surface area (TPSA) is 12.9 Å². The molecule has 0 amide bonds. The average molecular weight is 281 g/mol. The standard InChI is InChI=1S/C21H15N/c1-2-7-14(8-3-1)20-13-18-16-10-5-4-9-15(16)17-11-6-12-19(22-20)21(17)18/h1-10,12-13,17H,11H2. The van der Waals surface area contributed by atoms with Crippen LogP contribution in [0.1, 0.15) is 29.2 Å². The van der Waals surface area contributed by atoms with Crippen LogP contribution in [-0.2, 0) is 0 Å². The Kier molecular flexibility index (Phi) is 2.39. The molecule has 2 aliphatic rings. The smallest absolute Gasteiger partial charge is 0.0715 e. The number of aromatic nitrogens is 1. The Morgan fingerprint density at radius 1 is 0.864 bits per heavy atom. The molecule has 1 aromatic heterocycles. The van der Waals surface area contributed by atoms with Crippen LogP contribution in [0.5, 0.6) is 0 Å². The molecule has 0 saturated heterocycles. The molecular weight excluding hydrogens is 266 g/mol. The summed E-state index contributed by atoms with van der Waals surface area (Å²) in [5.74, 6) is 0.489. The molecule has 1 heteroatoms. The Balaban J connectivity index is 1.82. The number of hydrogen-bond donors (Lipinski definition) is 0. The lowest BCUT2D eigenvalue weighted by atomic mass is 9.88. The van der Waals surface area contributed by atoms with Gasteiger partial charge in [0.25, 0.3) is 0 Å². The van der Waals surface area contributed by atoms with Crippen LogP contribution in [0, 0.1) is 0 Å². The fourth-order valence-electron chi connectivity index (χ4n) is 3.81.